The number of benzene rings is 1. The van der Waals surface area contributed by atoms with Gasteiger partial charge in [0.05, 0.1) is 6.61 Å². The number of rotatable bonds is 8. The van der Waals surface area contributed by atoms with Crippen LogP contribution in [0, 0.1) is 5.92 Å². The van der Waals surface area contributed by atoms with E-state index in [1.165, 1.54) is 12.8 Å². The molecule has 2 rings (SSSR count). The SMILES string of the molecule is Cl.NC(CNC(=O)CCCOc1cccc(Br)c1)C1CC1. The van der Waals surface area contributed by atoms with Gasteiger partial charge in [-0.15, -0.1) is 12.4 Å². The molecular formula is C15H22BrClN2O2. The van der Waals surface area contributed by atoms with E-state index < -0.39 is 0 Å². The smallest absolute Gasteiger partial charge is 0.220 e. The predicted molar refractivity (Wildman–Crippen MR) is 89.8 cm³/mol. The molecule has 6 heteroatoms. The Kier molecular flexibility index (Phi) is 8.07. The molecule has 1 fully saturated rings. The lowest BCUT2D eigenvalue weighted by Crippen LogP contribution is -2.38. The largest absolute Gasteiger partial charge is 0.494 e. The molecule has 1 amide bonds. The van der Waals surface area contributed by atoms with Crippen LogP contribution in [0.1, 0.15) is 25.7 Å². The zero-order valence-electron chi connectivity index (χ0n) is 11.9. The quantitative estimate of drug-likeness (QED) is 0.685. The molecule has 1 aromatic rings. The minimum absolute atomic E-state index is 0. The molecule has 1 aromatic carbocycles. The molecule has 4 nitrogen and oxygen atoms in total. The molecule has 3 N–H and O–H groups in total. The number of amides is 1. The van der Waals surface area contributed by atoms with Crippen LogP contribution in [0.2, 0.25) is 0 Å². The van der Waals surface area contributed by atoms with Crippen LogP contribution in [0.5, 0.6) is 5.75 Å². The first-order chi connectivity index (χ1) is 9.65. The van der Waals surface area contributed by atoms with Crippen LogP contribution in [0.3, 0.4) is 0 Å². The lowest BCUT2D eigenvalue weighted by Gasteiger charge is -2.11. The van der Waals surface area contributed by atoms with Crippen LogP contribution in [-0.2, 0) is 4.79 Å². The Hall–Kier alpha value is -0.780. The van der Waals surface area contributed by atoms with Gasteiger partial charge in [0.15, 0.2) is 0 Å². The number of hydrogen-bond donors (Lipinski definition) is 2. The number of carbonyl (C=O) groups excluding carboxylic acids is 1. The number of nitrogens with two attached hydrogens (primary N) is 1. The first-order valence-corrected chi connectivity index (χ1v) is 7.85. The first-order valence-electron chi connectivity index (χ1n) is 7.06. The van der Waals surface area contributed by atoms with Crippen molar-refractivity contribution in [3.05, 3.63) is 28.7 Å². The van der Waals surface area contributed by atoms with E-state index in [0.29, 0.717) is 31.9 Å². The van der Waals surface area contributed by atoms with Gasteiger partial charge in [-0.2, -0.15) is 0 Å². The minimum atomic E-state index is 0. The van der Waals surface area contributed by atoms with Crippen molar-refractivity contribution in [2.45, 2.75) is 31.7 Å². The first kappa shape index (κ1) is 18.3. The fourth-order valence-corrected chi connectivity index (χ4v) is 2.37. The van der Waals surface area contributed by atoms with Crippen LogP contribution in [-0.4, -0.2) is 25.1 Å². The Balaban J connectivity index is 0.00000220. The second kappa shape index (κ2) is 9.28. The molecule has 1 saturated carbocycles. The number of halogens is 2. The monoisotopic (exact) mass is 376 g/mol. The predicted octanol–water partition coefficient (Wildman–Crippen LogP) is 2.88. The van der Waals surface area contributed by atoms with E-state index in [0.717, 1.165) is 10.2 Å². The molecule has 118 valence electrons. The summed E-state index contributed by atoms with van der Waals surface area (Å²) in [7, 11) is 0. The summed E-state index contributed by atoms with van der Waals surface area (Å²) in [6, 6.07) is 7.81. The topological polar surface area (TPSA) is 64.3 Å². The fourth-order valence-electron chi connectivity index (χ4n) is 1.99. The molecule has 0 spiro atoms. The standard InChI is InChI=1S/C15H21BrN2O2.ClH/c16-12-3-1-4-13(9-12)20-8-2-5-15(19)18-10-14(17)11-6-7-11;/h1,3-4,9,11,14H,2,5-8,10,17H2,(H,18,19);1H. The molecule has 1 atom stereocenters. The summed E-state index contributed by atoms with van der Waals surface area (Å²) in [5.41, 5.74) is 5.93. The summed E-state index contributed by atoms with van der Waals surface area (Å²) >= 11 is 3.39. The summed E-state index contributed by atoms with van der Waals surface area (Å²) in [6.45, 7) is 1.13. The van der Waals surface area contributed by atoms with Gasteiger partial charge < -0.3 is 15.8 Å². The third-order valence-corrected chi connectivity index (χ3v) is 3.87. The van der Waals surface area contributed by atoms with Crippen molar-refractivity contribution in [3.63, 3.8) is 0 Å². The Labute approximate surface area is 140 Å². The summed E-state index contributed by atoms with van der Waals surface area (Å²) in [5, 5.41) is 2.88. The van der Waals surface area contributed by atoms with Gasteiger partial charge in [-0.1, -0.05) is 22.0 Å². The second-order valence-corrected chi connectivity index (χ2v) is 6.13. The molecule has 1 unspecified atom stereocenters. The fraction of sp³-hybridized carbons (Fsp3) is 0.533. The highest BCUT2D eigenvalue weighted by Crippen LogP contribution is 2.31. The van der Waals surface area contributed by atoms with Crippen LogP contribution in [0.25, 0.3) is 0 Å². The summed E-state index contributed by atoms with van der Waals surface area (Å²) in [6.07, 6.45) is 3.59. The number of hydrogen-bond acceptors (Lipinski definition) is 3. The lowest BCUT2D eigenvalue weighted by atomic mass is 10.2. The molecule has 0 bridgehead atoms. The van der Waals surface area contributed by atoms with E-state index in [-0.39, 0.29) is 24.4 Å². The van der Waals surface area contributed by atoms with Crippen molar-refractivity contribution in [3.8, 4) is 5.75 Å². The van der Waals surface area contributed by atoms with Crippen molar-refractivity contribution in [2.75, 3.05) is 13.2 Å². The summed E-state index contributed by atoms with van der Waals surface area (Å²) in [5.74, 6) is 1.49. The van der Waals surface area contributed by atoms with E-state index in [9.17, 15) is 4.79 Å². The van der Waals surface area contributed by atoms with Crippen LogP contribution < -0.4 is 15.8 Å². The number of carbonyl (C=O) groups is 1. The van der Waals surface area contributed by atoms with Gasteiger partial charge in [0.1, 0.15) is 5.75 Å². The average Bonchev–Trinajstić information content (AvgIpc) is 3.25. The van der Waals surface area contributed by atoms with Gasteiger partial charge in [0.2, 0.25) is 5.91 Å². The Morgan fingerprint density at radius 1 is 1.48 bits per heavy atom. The van der Waals surface area contributed by atoms with Crippen LogP contribution >= 0.6 is 28.3 Å². The van der Waals surface area contributed by atoms with Crippen molar-refractivity contribution < 1.29 is 9.53 Å². The minimum Gasteiger partial charge on any atom is -0.494 e. The third-order valence-electron chi connectivity index (χ3n) is 3.38. The molecular weight excluding hydrogens is 356 g/mol. The summed E-state index contributed by atoms with van der Waals surface area (Å²) in [4.78, 5) is 11.6. The highest BCUT2D eigenvalue weighted by atomic mass is 79.9. The number of nitrogens with one attached hydrogen (secondary N) is 1. The number of ether oxygens (including phenoxy) is 1. The Morgan fingerprint density at radius 2 is 2.24 bits per heavy atom. The van der Waals surface area contributed by atoms with Crippen molar-refractivity contribution in [1.29, 1.82) is 0 Å². The zero-order chi connectivity index (χ0) is 14.4. The molecule has 1 aliphatic carbocycles. The highest BCUT2D eigenvalue weighted by molar-refractivity contribution is 9.10. The van der Waals surface area contributed by atoms with Gasteiger partial charge in [-0.3, -0.25) is 4.79 Å². The third kappa shape index (κ3) is 7.16. The summed E-state index contributed by atoms with van der Waals surface area (Å²) < 4.78 is 6.56. The maximum atomic E-state index is 11.6. The van der Waals surface area contributed by atoms with Gasteiger partial charge in [0, 0.05) is 23.5 Å². The van der Waals surface area contributed by atoms with Gasteiger partial charge in [-0.25, -0.2) is 0 Å². The Morgan fingerprint density at radius 3 is 2.90 bits per heavy atom. The molecule has 0 saturated heterocycles. The second-order valence-electron chi connectivity index (χ2n) is 5.21. The molecule has 0 heterocycles. The van der Waals surface area contributed by atoms with Crippen molar-refractivity contribution >= 4 is 34.2 Å². The lowest BCUT2D eigenvalue weighted by molar-refractivity contribution is -0.121. The van der Waals surface area contributed by atoms with E-state index >= 15 is 0 Å². The molecule has 1 aliphatic rings. The van der Waals surface area contributed by atoms with E-state index in [1.807, 2.05) is 24.3 Å². The molecule has 0 radical (unpaired) electrons. The van der Waals surface area contributed by atoms with Gasteiger partial charge in [0.25, 0.3) is 0 Å². The Bertz CT molecular complexity index is 455. The van der Waals surface area contributed by atoms with E-state index in [1.54, 1.807) is 0 Å². The maximum absolute atomic E-state index is 11.6. The molecule has 21 heavy (non-hydrogen) atoms. The average molecular weight is 378 g/mol. The van der Waals surface area contributed by atoms with Gasteiger partial charge in [-0.05, 0) is 43.4 Å². The maximum Gasteiger partial charge on any atom is 0.220 e. The van der Waals surface area contributed by atoms with Gasteiger partial charge >= 0.3 is 0 Å². The zero-order valence-corrected chi connectivity index (χ0v) is 14.3. The van der Waals surface area contributed by atoms with E-state index in [4.69, 9.17) is 10.5 Å². The van der Waals surface area contributed by atoms with Crippen LogP contribution in [0.4, 0.5) is 0 Å². The molecule has 0 aromatic heterocycles. The van der Waals surface area contributed by atoms with Crippen molar-refractivity contribution in [2.24, 2.45) is 11.7 Å². The normalized spacial score (nSPS) is 15.0. The molecule has 0 aliphatic heterocycles. The van der Waals surface area contributed by atoms with E-state index in [2.05, 4.69) is 21.2 Å². The van der Waals surface area contributed by atoms with Crippen LogP contribution in [0.15, 0.2) is 28.7 Å². The highest BCUT2D eigenvalue weighted by Gasteiger charge is 2.28. The van der Waals surface area contributed by atoms with Crippen molar-refractivity contribution in [1.82, 2.24) is 5.32 Å².